The van der Waals surface area contributed by atoms with Crippen LogP contribution in [0.4, 0.5) is 11.8 Å². The van der Waals surface area contributed by atoms with Crippen LogP contribution in [0.1, 0.15) is 32.4 Å². The van der Waals surface area contributed by atoms with Crippen LogP contribution in [0.25, 0.3) is 0 Å². The fourth-order valence-electron chi connectivity index (χ4n) is 1.66. The number of aryl methyl sites for hydroxylation is 1. The van der Waals surface area contributed by atoms with Crippen LogP contribution in [0.15, 0.2) is 6.07 Å². The monoisotopic (exact) mass is 223 g/mol. The highest BCUT2D eigenvalue weighted by Gasteiger charge is 2.08. The van der Waals surface area contributed by atoms with Crippen molar-refractivity contribution in [2.24, 2.45) is 5.84 Å². The zero-order chi connectivity index (χ0) is 12.0. The second kappa shape index (κ2) is 6.27. The van der Waals surface area contributed by atoms with E-state index < -0.39 is 0 Å². The molecule has 0 amide bonds. The Kier molecular flexibility index (Phi) is 4.98. The van der Waals surface area contributed by atoms with Gasteiger partial charge in [0.05, 0.1) is 0 Å². The Hall–Kier alpha value is -1.36. The molecule has 1 aromatic rings. The summed E-state index contributed by atoms with van der Waals surface area (Å²) in [6.45, 7) is 8.29. The predicted molar refractivity (Wildman–Crippen MR) is 67.4 cm³/mol. The zero-order valence-corrected chi connectivity index (χ0v) is 10.3. The van der Waals surface area contributed by atoms with E-state index in [1.807, 2.05) is 13.0 Å². The average Bonchev–Trinajstić information content (AvgIpc) is 2.28. The molecule has 0 spiro atoms. The van der Waals surface area contributed by atoms with Crippen molar-refractivity contribution in [2.45, 2.75) is 33.6 Å². The molecule has 0 saturated heterocycles. The van der Waals surface area contributed by atoms with Crippen LogP contribution in [0, 0.1) is 6.92 Å². The van der Waals surface area contributed by atoms with E-state index in [2.05, 4.69) is 34.1 Å². The van der Waals surface area contributed by atoms with Crippen LogP contribution in [-0.2, 0) is 0 Å². The van der Waals surface area contributed by atoms with E-state index in [0.29, 0.717) is 5.95 Å². The van der Waals surface area contributed by atoms with E-state index in [4.69, 9.17) is 5.84 Å². The molecule has 0 aromatic carbocycles. The molecule has 5 nitrogen and oxygen atoms in total. The SMILES string of the molecule is CCCN(CCC)c1cc(C)nc(NN)n1. The Balaban J connectivity index is 2.93. The van der Waals surface area contributed by atoms with Crippen LogP contribution in [0.2, 0.25) is 0 Å². The lowest BCUT2D eigenvalue weighted by molar-refractivity contribution is 0.732. The van der Waals surface area contributed by atoms with Crippen molar-refractivity contribution in [1.82, 2.24) is 9.97 Å². The lowest BCUT2D eigenvalue weighted by Crippen LogP contribution is -2.26. The standard InChI is InChI=1S/C11H21N5/c1-4-6-16(7-5-2)10-8-9(3)13-11(14-10)15-12/h8H,4-7,12H2,1-3H3,(H,13,14,15). The third-order valence-corrected chi connectivity index (χ3v) is 2.28. The number of hydrogen-bond donors (Lipinski definition) is 2. The molecule has 0 saturated carbocycles. The highest BCUT2D eigenvalue weighted by Crippen LogP contribution is 2.15. The number of nitrogen functional groups attached to an aromatic ring is 1. The Bertz CT molecular complexity index is 320. The minimum absolute atomic E-state index is 0.479. The second-order valence-corrected chi connectivity index (χ2v) is 3.82. The third kappa shape index (κ3) is 3.34. The van der Waals surface area contributed by atoms with Gasteiger partial charge in [-0.25, -0.2) is 10.8 Å². The van der Waals surface area contributed by atoms with Gasteiger partial charge in [-0.3, -0.25) is 5.43 Å². The van der Waals surface area contributed by atoms with Crippen LogP contribution in [-0.4, -0.2) is 23.1 Å². The molecular weight excluding hydrogens is 202 g/mol. The van der Waals surface area contributed by atoms with Crippen LogP contribution in [0.5, 0.6) is 0 Å². The molecule has 0 bridgehead atoms. The van der Waals surface area contributed by atoms with E-state index in [1.54, 1.807) is 0 Å². The summed E-state index contributed by atoms with van der Waals surface area (Å²) in [5.41, 5.74) is 3.42. The maximum Gasteiger partial charge on any atom is 0.239 e. The maximum absolute atomic E-state index is 5.34. The summed E-state index contributed by atoms with van der Waals surface area (Å²) in [5.74, 6) is 6.77. The molecule has 1 aromatic heterocycles. The molecule has 0 aliphatic heterocycles. The predicted octanol–water partition coefficient (Wildman–Crippen LogP) is 1.70. The molecular formula is C11H21N5. The van der Waals surface area contributed by atoms with Crippen molar-refractivity contribution in [3.05, 3.63) is 11.8 Å². The van der Waals surface area contributed by atoms with Gasteiger partial charge < -0.3 is 4.90 Å². The Morgan fingerprint density at radius 3 is 2.38 bits per heavy atom. The van der Waals surface area contributed by atoms with Gasteiger partial charge in [-0.15, -0.1) is 0 Å². The van der Waals surface area contributed by atoms with Crippen molar-refractivity contribution >= 4 is 11.8 Å². The molecule has 3 N–H and O–H groups in total. The second-order valence-electron chi connectivity index (χ2n) is 3.82. The van der Waals surface area contributed by atoms with Gasteiger partial charge in [0.2, 0.25) is 5.95 Å². The van der Waals surface area contributed by atoms with Crippen LogP contribution < -0.4 is 16.2 Å². The molecule has 0 aliphatic carbocycles. The Morgan fingerprint density at radius 1 is 1.25 bits per heavy atom. The van der Waals surface area contributed by atoms with Crippen molar-refractivity contribution in [1.29, 1.82) is 0 Å². The average molecular weight is 223 g/mol. The van der Waals surface area contributed by atoms with Gasteiger partial charge in [0.25, 0.3) is 0 Å². The number of nitrogens with zero attached hydrogens (tertiary/aromatic N) is 3. The first-order valence-electron chi connectivity index (χ1n) is 5.78. The smallest absolute Gasteiger partial charge is 0.239 e. The van der Waals surface area contributed by atoms with Crippen molar-refractivity contribution in [3.8, 4) is 0 Å². The number of hydrogen-bond acceptors (Lipinski definition) is 5. The normalized spacial score (nSPS) is 10.2. The topological polar surface area (TPSA) is 67.1 Å². The molecule has 0 fully saturated rings. The first-order chi connectivity index (χ1) is 7.71. The summed E-state index contributed by atoms with van der Waals surface area (Å²) in [7, 11) is 0. The van der Waals surface area contributed by atoms with E-state index in [1.165, 1.54) is 0 Å². The Labute approximate surface area is 97.0 Å². The molecule has 0 unspecified atom stereocenters. The third-order valence-electron chi connectivity index (χ3n) is 2.28. The first kappa shape index (κ1) is 12.7. The quantitative estimate of drug-likeness (QED) is 0.567. The van der Waals surface area contributed by atoms with Gasteiger partial charge in [-0.05, 0) is 19.8 Å². The summed E-state index contributed by atoms with van der Waals surface area (Å²) in [5, 5.41) is 0. The maximum atomic E-state index is 5.34. The van der Waals surface area contributed by atoms with Crippen molar-refractivity contribution in [2.75, 3.05) is 23.4 Å². The van der Waals surface area contributed by atoms with E-state index in [-0.39, 0.29) is 0 Å². The fourth-order valence-corrected chi connectivity index (χ4v) is 1.66. The number of nitrogens with one attached hydrogen (secondary N) is 1. The summed E-state index contributed by atoms with van der Waals surface area (Å²) in [4.78, 5) is 10.8. The molecule has 0 aliphatic rings. The molecule has 0 radical (unpaired) electrons. The number of hydrazine groups is 1. The van der Waals surface area contributed by atoms with Gasteiger partial charge in [-0.2, -0.15) is 4.98 Å². The Morgan fingerprint density at radius 2 is 1.88 bits per heavy atom. The molecule has 5 heteroatoms. The van der Waals surface area contributed by atoms with Gasteiger partial charge in [-0.1, -0.05) is 13.8 Å². The molecule has 16 heavy (non-hydrogen) atoms. The van der Waals surface area contributed by atoms with E-state index in [0.717, 1.165) is 37.4 Å². The number of rotatable bonds is 6. The highest BCUT2D eigenvalue weighted by molar-refractivity contribution is 5.44. The lowest BCUT2D eigenvalue weighted by atomic mass is 10.3. The van der Waals surface area contributed by atoms with E-state index in [9.17, 15) is 0 Å². The number of anilines is 2. The van der Waals surface area contributed by atoms with Gasteiger partial charge in [0.15, 0.2) is 0 Å². The van der Waals surface area contributed by atoms with Crippen LogP contribution in [0.3, 0.4) is 0 Å². The minimum atomic E-state index is 0.479. The summed E-state index contributed by atoms with van der Waals surface area (Å²) in [6, 6.07) is 1.99. The first-order valence-corrected chi connectivity index (χ1v) is 5.78. The summed E-state index contributed by atoms with van der Waals surface area (Å²) in [6.07, 6.45) is 2.21. The van der Waals surface area contributed by atoms with Gasteiger partial charge >= 0.3 is 0 Å². The van der Waals surface area contributed by atoms with Crippen molar-refractivity contribution in [3.63, 3.8) is 0 Å². The molecule has 1 heterocycles. The van der Waals surface area contributed by atoms with Gasteiger partial charge in [0, 0.05) is 24.8 Å². The van der Waals surface area contributed by atoms with Crippen molar-refractivity contribution < 1.29 is 0 Å². The van der Waals surface area contributed by atoms with Crippen LogP contribution >= 0.6 is 0 Å². The molecule has 1 rings (SSSR count). The van der Waals surface area contributed by atoms with E-state index >= 15 is 0 Å². The largest absolute Gasteiger partial charge is 0.356 e. The number of aromatic nitrogens is 2. The lowest BCUT2D eigenvalue weighted by Gasteiger charge is -2.23. The minimum Gasteiger partial charge on any atom is -0.356 e. The molecule has 0 atom stereocenters. The number of nitrogens with two attached hydrogens (primary N) is 1. The highest BCUT2D eigenvalue weighted by atomic mass is 15.3. The summed E-state index contributed by atoms with van der Waals surface area (Å²) >= 11 is 0. The fraction of sp³-hybridized carbons (Fsp3) is 0.636. The van der Waals surface area contributed by atoms with Gasteiger partial charge in [0.1, 0.15) is 5.82 Å². The summed E-state index contributed by atoms with van der Waals surface area (Å²) < 4.78 is 0. The zero-order valence-electron chi connectivity index (χ0n) is 10.3. The molecule has 90 valence electrons.